The van der Waals surface area contributed by atoms with Crippen LogP contribution in [0.5, 0.6) is 0 Å². The number of benzene rings is 1. The molecule has 2 amide bonds. The minimum absolute atomic E-state index is 0.0259. The van der Waals surface area contributed by atoms with Crippen molar-refractivity contribution in [3.8, 4) is 0 Å². The van der Waals surface area contributed by atoms with Crippen molar-refractivity contribution in [2.75, 3.05) is 7.05 Å². The number of amides is 2. The quantitative estimate of drug-likeness (QED) is 0.787. The van der Waals surface area contributed by atoms with Crippen LogP contribution in [0.25, 0.3) is 0 Å². The molecule has 0 radical (unpaired) electrons. The lowest BCUT2D eigenvalue weighted by Crippen LogP contribution is -2.34. The fourth-order valence-corrected chi connectivity index (χ4v) is 3.32. The predicted octanol–water partition coefficient (Wildman–Crippen LogP) is 2.17. The second kappa shape index (κ2) is 8.20. The van der Waals surface area contributed by atoms with Crippen LogP contribution in [0.2, 0.25) is 0 Å². The number of carbonyl (C=O) groups is 2. The summed E-state index contributed by atoms with van der Waals surface area (Å²) in [5, 5.41) is 5.49. The van der Waals surface area contributed by atoms with Gasteiger partial charge in [0.15, 0.2) is 0 Å². The molecule has 1 aliphatic carbocycles. The second-order valence-corrected chi connectivity index (χ2v) is 7.00. The zero-order chi connectivity index (χ0) is 19.4. The summed E-state index contributed by atoms with van der Waals surface area (Å²) < 4.78 is 1.42. The molecule has 1 aromatic carbocycles. The molecular formula is C21H25N3O3. The maximum absolute atomic E-state index is 12.7. The van der Waals surface area contributed by atoms with Crippen LogP contribution in [-0.4, -0.2) is 29.5 Å². The number of aromatic nitrogens is 1. The fraction of sp³-hybridized carbons (Fsp3) is 0.381. The summed E-state index contributed by atoms with van der Waals surface area (Å²) in [5.74, 6) is -0.204. The van der Waals surface area contributed by atoms with E-state index >= 15 is 0 Å². The molecular weight excluding hydrogens is 342 g/mol. The van der Waals surface area contributed by atoms with Crippen LogP contribution in [0, 0.1) is 5.92 Å². The van der Waals surface area contributed by atoms with E-state index < -0.39 is 11.5 Å². The van der Waals surface area contributed by atoms with Crippen molar-refractivity contribution in [3.63, 3.8) is 0 Å². The van der Waals surface area contributed by atoms with Crippen molar-refractivity contribution >= 4 is 11.8 Å². The molecule has 1 heterocycles. The Hall–Kier alpha value is -2.89. The molecule has 0 bridgehead atoms. The van der Waals surface area contributed by atoms with Crippen LogP contribution in [0.3, 0.4) is 0 Å². The number of hydrogen-bond donors (Lipinski definition) is 2. The van der Waals surface area contributed by atoms with Crippen LogP contribution < -0.4 is 16.2 Å². The predicted molar refractivity (Wildman–Crippen MR) is 104 cm³/mol. The minimum atomic E-state index is -0.494. The standard InChI is InChI=1S/C21H25N3O3/c1-3-7-15-11-18(15)23-19(25)16-10-17(20(26)22-2)21(27)24(13-16)12-14-8-5-4-6-9-14/h4-6,8-10,13,15,18H,3,7,11-12H2,1-2H3,(H,22,26)(H,23,25)/t15-,18-/m1/s1. The molecule has 6 nitrogen and oxygen atoms in total. The number of rotatable bonds is 7. The summed E-state index contributed by atoms with van der Waals surface area (Å²) in [6.07, 6.45) is 4.72. The Morgan fingerprint density at radius 3 is 2.59 bits per heavy atom. The van der Waals surface area contributed by atoms with Crippen LogP contribution in [0.4, 0.5) is 0 Å². The van der Waals surface area contributed by atoms with Gasteiger partial charge in [0.2, 0.25) is 0 Å². The number of hydrogen-bond acceptors (Lipinski definition) is 3. The summed E-state index contributed by atoms with van der Waals surface area (Å²) in [6.45, 7) is 2.43. The molecule has 1 saturated carbocycles. The van der Waals surface area contributed by atoms with Crippen molar-refractivity contribution in [3.05, 3.63) is 69.6 Å². The lowest BCUT2D eigenvalue weighted by molar-refractivity contribution is 0.0948. The van der Waals surface area contributed by atoms with E-state index in [-0.39, 0.29) is 17.5 Å². The molecule has 2 aromatic rings. The van der Waals surface area contributed by atoms with Crippen molar-refractivity contribution in [1.82, 2.24) is 15.2 Å². The maximum atomic E-state index is 12.7. The lowest BCUT2D eigenvalue weighted by Gasteiger charge is -2.12. The SMILES string of the molecule is CCC[C@@H]1C[C@H]1NC(=O)c1cc(C(=O)NC)c(=O)n(Cc2ccccc2)c1. The van der Waals surface area contributed by atoms with Crippen molar-refractivity contribution < 1.29 is 9.59 Å². The molecule has 0 aliphatic heterocycles. The van der Waals surface area contributed by atoms with Gasteiger partial charge in [-0.05, 0) is 30.4 Å². The molecule has 0 spiro atoms. The van der Waals surface area contributed by atoms with E-state index in [1.54, 1.807) is 0 Å². The van der Waals surface area contributed by atoms with Gasteiger partial charge in [-0.15, -0.1) is 0 Å². The highest BCUT2D eigenvalue weighted by Crippen LogP contribution is 2.34. The third kappa shape index (κ3) is 4.45. The fourth-order valence-electron chi connectivity index (χ4n) is 3.32. The molecule has 142 valence electrons. The molecule has 2 N–H and O–H groups in total. The molecule has 1 aromatic heterocycles. The van der Waals surface area contributed by atoms with Crippen LogP contribution >= 0.6 is 0 Å². The molecule has 2 atom stereocenters. The third-order valence-corrected chi connectivity index (χ3v) is 4.91. The van der Waals surface area contributed by atoms with Gasteiger partial charge < -0.3 is 15.2 Å². The first-order chi connectivity index (χ1) is 13.0. The van der Waals surface area contributed by atoms with E-state index in [0.717, 1.165) is 24.8 Å². The van der Waals surface area contributed by atoms with E-state index in [0.29, 0.717) is 18.0 Å². The average molecular weight is 367 g/mol. The summed E-state index contributed by atoms with van der Waals surface area (Å²) in [7, 11) is 1.47. The zero-order valence-electron chi connectivity index (χ0n) is 15.7. The van der Waals surface area contributed by atoms with Gasteiger partial charge in [0.05, 0.1) is 12.1 Å². The van der Waals surface area contributed by atoms with E-state index in [2.05, 4.69) is 17.6 Å². The monoisotopic (exact) mass is 367 g/mol. The van der Waals surface area contributed by atoms with Crippen molar-refractivity contribution in [2.24, 2.45) is 5.92 Å². The first kappa shape index (κ1) is 18.9. The average Bonchev–Trinajstić information content (AvgIpc) is 3.41. The van der Waals surface area contributed by atoms with Gasteiger partial charge in [-0.2, -0.15) is 0 Å². The highest BCUT2D eigenvalue weighted by atomic mass is 16.2. The van der Waals surface area contributed by atoms with Gasteiger partial charge >= 0.3 is 0 Å². The first-order valence-corrected chi connectivity index (χ1v) is 9.34. The topological polar surface area (TPSA) is 80.2 Å². The van der Waals surface area contributed by atoms with E-state index in [9.17, 15) is 14.4 Å². The number of carbonyl (C=O) groups excluding carboxylic acids is 2. The van der Waals surface area contributed by atoms with E-state index in [1.165, 1.54) is 23.9 Å². The van der Waals surface area contributed by atoms with Gasteiger partial charge in [0.25, 0.3) is 17.4 Å². The molecule has 1 aliphatic rings. The minimum Gasteiger partial charge on any atom is -0.355 e. The van der Waals surface area contributed by atoms with Gasteiger partial charge in [0, 0.05) is 19.3 Å². The number of nitrogens with one attached hydrogen (secondary N) is 2. The van der Waals surface area contributed by atoms with Crippen LogP contribution in [-0.2, 0) is 6.54 Å². The smallest absolute Gasteiger partial charge is 0.263 e. The Kier molecular flexibility index (Phi) is 5.74. The Morgan fingerprint density at radius 1 is 1.19 bits per heavy atom. The largest absolute Gasteiger partial charge is 0.355 e. The lowest BCUT2D eigenvalue weighted by atomic mass is 10.1. The van der Waals surface area contributed by atoms with E-state index in [1.807, 2.05) is 30.3 Å². The van der Waals surface area contributed by atoms with Gasteiger partial charge in [-0.1, -0.05) is 43.7 Å². The Bertz CT molecular complexity index is 889. The summed E-state index contributed by atoms with van der Waals surface area (Å²) in [5.41, 5.74) is 0.809. The molecule has 0 unspecified atom stereocenters. The highest BCUT2D eigenvalue weighted by molar-refractivity contribution is 5.99. The summed E-state index contributed by atoms with van der Waals surface area (Å²) in [4.78, 5) is 37.5. The second-order valence-electron chi connectivity index (χ2n) is 7.00. The summed E-state index contributed by atoms with van der Waals surface area (Å²) in [6, 6.07) is 11.0. The molecule has 1 fully saturated rings. The summed E-state index contributed by atoms with van der Waals surface area (Å²) >= 11 is 0. The molecule has 27 heavy (non-hydrogen) atoms. The van der Waals surface area contributed by atoms with Crippen LogP contribution in [0.1, 0.15) is 52.5 Å². The van der Waals surface area contributed by atoms with Gasteiger partial charge in [0.1, 0.15) is 5.56 Å². The van der Waals surface area contributed by atoms with Gasteiger partial charge in [-0.3, -0.25) is 14.4 Å². The van der Waals surface area contributed by atoms with Crippen LogP contribution in [0.15, 0.2) is 47.4 Å². The zero-order valence-corrected chi connectivity index (χ0v) is 15.7. The Balaban J connectivity index is 1.89. The van der Waals surface area contributed by atoms with Gasteiger partial charge in [-0.25, -0.2) is 0 Å². The first-order valence-electron chi connectivity index (χ1n) is 9.34. The van der Waals surface area contributed by atoms with E-state index in [4.69, 9.17) is 0 Å². The molecule has 3 rings (SSSR count). The van der Waals surface area contributed by atoms with Crippen molar-refractivity contribution in [1.29, 1.82) is 0 Å². The number of pyridine rings is 1. The third-order valence-electron chi connectivity index (χ3n) is 4.91. The Morgan fingerprint density at radius 2 is 1.93 bits per heavy atom. The van der Waals surface area contributed by atoms with Crippen molar-refractivity contribution in [2.45, 2.75) is 38.8 Å². The molecule has 6 heteroatoms. The Labute approximate surface area is 158 Å². The number of nitrogens with zero attached hydrogens (tertiary/aromatic N) is 1. The maximum Gasteiger partial charge on any atom is 0.263 e. The normalized spacial score (nSPS) is 18.0. The highest BCUT2D eigenvalue weighted by Gasteiger charge is 2.37. The molecule has 0 saturated heterocycles.